The van der Waals surface area contributed by atoms with Crippen molar-refractivity contribution >= 4 is 23.8 Å². The number of nitrogens with one attached hydrogen (secondary N) is 1. The molecule has 2 amide bonds. The fourth-order valence-electron chi connectivity index (χ4n) is 2.39. The summed E-state index contributed by atoms with van der Waals surface area (Å²) < 4.78 is 0. The second-order valence-corrected chi connectivity index (χ2v) is 6.97. The van der Waals surface area contributed by atoms with Crippen LogP contribution >= 0.6 is 11.8 Å². The van der Waals surface area contributed by atoms with Crippen LogP contribution in [-0.2, 0) is 4.79 Å². The summed E-state index contributed by atoms with van der Waals surface area (Å²) >= 11 is 1.50. The molecule has 5 nitrogen and oxygen atoms in total. The van der Waals surface area contributed by atoms with Crippen molar-refractivity contribution in [1.29, 1.82) is 0 Å². The predicted octanol–water partition coefficient (Wildman–Crippen LogP) is 1.73. The summed E-state index contributed by atoms with van der Waals surface area (Å²) in [5.74, 6) is 0.0647. The van der Waals surface area contributed by atoms with Gasteiger partial charge in [-0.3, -0.25) is 4.90 Å². The lowest BCUT2D eigenvalue weighted by molar-refractivity contribution is -0.141. The Morgan fingerprint density at radius 2 is 2.00 bits per heavy atom. The molecule has 1 aliphatic carbocycles. The average molecular weight is 272 g/mol. The summed E-state index contributed by atoms with van der Waals surface area (Å²) in [4.78, 5) is 24.9. The molecule has 0 aromatic heterocycles. The van der Waals surface area contributed by atoms with Gasteiger partial charge in [-0.05, 0) is 39.5 Å². The van der Waals surface area contributed by atoms with Crippen molar-refractivity contribution in [3.05, 3.63) is 0 Å². The molecule has 18 heavy (non-hydrogen) atoms. The van der Waals surface area contributed by atoms with Crippen LogP contribution in [0.3, 0.4) is 0 Å². The van der Waals surface area contributed by atoms with Gasteiger partial charge in [-0.2, -0.15) is 0 Å². The van der Waals surface area contributed by atoms with Gasteiger partial charge in [-0.1, -0.05) is 0 Å². The van der Waals surface area contributed by atoms with Crippen LogP contribution in [0.15, 0.2) is 0 Å². The third kappa shape index (κ3) is 2.58. The first-order valence-electron chi connectivity index (χ1n) is 6.28. The van der Waals surface area contributed by atoms with E-state index >= 15 is 0 Å². The molecular formula is C12H20N2O3S. The van der Waals surface area contributed by atoms with E-state index in [0.717, 1.165) is 12.8 Å². The van der Waals surface area contributed by atoms with Gasteiger partial charge < -0.3 is 10.4 Å². The molecule has 2 atom stereocenters. The third-order valence-corrected chi connectivity index (χ3v) is 4.99. The Kier molecular flexibility index (Phi) is 3.49. The standard InChI is InChI=1S/C12H20N2O3S/c1-7-14(9(6-18-7)10(15)16)11(17)13-12(2,3)8-4-5-8/h7-9H,4-6H2,1-3H3,(H,13,17)(H,15,16). The molecule has 1 saturated heterocycles. The van der Waals surface area contributed by atoms with Crippen LogP contribution in [0, 0.1) is 5.92 Å². The Balaban J connectivity index is 2.04. The summed E-state index contributed by atoms with van der Waals surface area (Å²) in [5, 5.41) is 12.0. The lowest BCUT2D eigenvalue weighted by Gasteiger charge is -2.32. The minimum atomic E-state index is -0.925. The van der Waals surface area contributed by atoms with E-state index in [4.69, 9.17) is 5.11 Å². The molecule has 2 fully saturated rings. The number of nitrogens with zero attached hydrogens (tertiary/aromatic N) is 1. The average Bonchev–Trinajstić information content (AvgIpc) is 3.01. The zero-order valence-electron chi connectivity index (χ0n) is 11.0. The quantitative estimate of drug-likeness (QED) is 0.821. The molecule has 6 heteroatoms. The Hall–Kier alpha value is -0.910. The van der Waals surface area contributed by atoms with Crippen molar-refractivity contribution in [3.8, 4) is 0 Å². The zero-order chi connectivity index (χ0) is 13.5. The van der Waals surface area contributed by atoms with Crippen molar-refractivity contribution in [1.82, 2.24) is 10.2 Å². The van der Waals surface area contributed by atoms with E-state index in [1.54, 1.807) is 0 Å². The lowest BCUT2D eigenvalue weighted by atomic mass is 9.99. The molecule has 2 N–H and O–H groups in total. The van der Waals surface area contributed by atoms with E-state index < -0.39 is 12.0 Å². The summed E-state index contributed by atoms with van der Waals surface area (Å²) in [7, 11) is 0. The minimum Gasteiger partial charge on any atom is -0.480 e. The van der Waals surface area contributed by atoms with Crippen LogP contribution in [0.1, 0.15) is 33.6 Å². The van der Waals surface area contributed by atoms with Gasteiger partial charge in [0.05, 0.1) is 5.37 Å². The highest BCUT2D eigenvalue weighted by molar-refractivity contribution is 8.00. The number of carboxylic acids is 1. The molecular weight excluding hydrogens is 252 g/mol. The maximum absolute atomic E-state index is 12.3. The van der Waals surface area contributed by atoms with Crippen molar-refractivity contribution in [2.45, 2.75) is 50.6 Å². The minimum absolute atomic E-state index is 0.0823. The van der Waals surface area contributed by atoms with E-state index in [2.05, 4.69) is 5.32 Å². The molecule has 0 bridgehead atoms. The number of thioether (sulfide) groups is 1. The van der Waals surface area contributed by atoms with Crippen molar-refractivity contribution in [2.24, 2.45) is 5.92 Å². The van der Waals surface area contributed by atoms with Gasteiger partial charge in [0.15, 0.2) is 0 Å². The number of urea groups is 1. The highest BCUT2D eigenvalue weighted by atomic mass is 32.2. The van der Waals surface area contributed by atoms with Crippen LogP contribution in [0.4, 0.5) is 4.79 Å². The highest BCUT2D eigenvalue weighted by Crippen LogP contribution is 2.39. The SMILES string of the molecule is CC1SCC(C(=O)O)N1C(=O)NC(C)(C)C1CC1. The fourth-order valence-corrected chi connectivity index (χ4v) is 3.56. The number of rotatable bonds is 3. The largest absolute Gasteiger partial charge is 0.480 e. The van der Waals surface area contributed by atoms with E-state index in [9.17, 15) is 9.59 Å². The third-order valence-electron chi connectivity index (χ3n) is 3.77. The second kappa shape index (κ2) is 4.64. The van der Waals surface area contributed by atoms with Crippen molar-refractivity contribution < 1.29 is 14.7 Å². The maximum atomic E-state index is 12.3. The Bertz CT molecular complexity index is 368. The normalized spacial score (nSPS) is 28.3. The maximum Gasteiger partial charge on any atom is 0.327 e. The summed E-state index contributed by atoms with van der Waals surface area (Å²) in [6.07, 6.45) is 2.28. The van der Waals surface area contributed by atoms with Gasteiger partial charge in [0, 0.05) is 11.3 Å². The van der Waals surface area contributed by atoms with E-state index in [-0.39, 0.29) is 16.9 Å². The molecule has 2 unspecified atom stereocenters. The van der Waals surface area contributed by atoms with Crippen LogP contribution in [0.2, 0.25) is 0 Å². The van der Waals surface area contributed by atoms with Crippen LogP contribution < -0.4 is 5.32 Å². The molecule has 1 heterocycles. The van der Waals surface area contributed by atoms with Crippen molar-refractivity contribution in [3.63, 3.8) is 0 Å². The number of carbonyl (C=O) groups excluding carboxylic acids is 1. The van der Waals surface area contributed by atoms with Gasteiger partial charge in [-0.15, -0.1) is 11.8 Å². The number of hydrogen-bond donors (Lipinski definition) is 2. The van der Waals surface area contributed by atoms with Gasteiger partial charge in [-0.25, -0.2) is 9.59 Å². The smallest absolute Gasteiger partial charge is 0.327 e. The zero-order valence-corrected chi connectivity index (χ0v) is 11.8. The summed E-state index contributed by atoms with van der Waals surface area (Å²) in [6.45, 7) is 5.88. The number of aliphatic carboxylic acids is 1. The number of carboxylic acid groups (broad SMARTS) is 1. The second-order valence-electron chi connectivity index (χ2n) is 5.62. The summed E-state index contributed by atoms with van der Waals surface area (Å²) in [5.41, 5.74) is -0.243. The van der Waals surface area contributed by atoms with Gasteiger partial charge >= 0.3 is 12.0 Å². The number of carbonyl (C=O) groups is 2. The predicted molar refractivity (Wildman–Crippen MR) is 70.5 cm³/mol. The first-order chi connectivity index (χ1) is 8.33. The molecule has 102 valence electrons. The van der Waals surface area contributed by atoms with Gasteiger partial charge in [0.2, 0.25) is 0 Å². The Labute approximate surface area is 111 Å². The van der Waals surface area contributed by atoms with Crippen molar-refractivity contribution in [2.75, 3.05) is 5.75 Å². The number of hydrogen-bond acceptors (Lipinski definition) is 3. The van der Waals surface area contributed by atoms with Crippen LogP contribution in [-0.4, -0.2) is 44.7 Å². The van der Waals surface area contributed by atoms with Crippen LogP contribution in [0.5, 0.6) is 0 Å². The lowest BCUT2D eigenvalue weighted by Crippen LogP contribution is -2.55. The molecule has 2 rings (SSSR count). The molecule has 0 radical (unpaired) electrons. The van der Waals surface area contributed by atoms with E-state index in [1.807, 2.05) is 20.8 Å². The fraction of sp³-hybridized carbons (Fsp3) is 0.833. The molecule has 0 aromatic carbocycles. The molecule has 0 spiro atoms. The van der Waals surface area contributed by atoms with Gasteiger partial charge in [0.25, 0.3) is 0 Å². The monoisotopic (exact) mass is 272 g/mol. The molecule has 1 saturated carbocycles. The first-order valence-corrected chi connectivity index (χ1v) is 7.32. The van der Waals surface area contributed by atoms with Crippen LogP contribution in [0.25, 0.3) is 0 Å². The molecule has 2 aliphatic rings. The number of amides is 2. The van der Waals surface area contributed by atoms with Gasteiger partial charge in [0.1, 0.15) is 6.04 Å². The topological polar surface area (TPSA) is 69.6 Å². The Morgan fingerprint density at radius 3 is 2.50 bits per heavy atom. The Morgan fingerprint density at radius 1 is 1.39 bits per heavy atom. The highest BCUT2D eigenvalue weighted by Gasteiger charge is 2.44. The first kappa shape index (κ1) is 13.5. The summed E-state index contributed by atoms with van der Waals surface area (Å²) in [6, 6.07) is -0.961. The molecule has 1 aliphatic heterocycles. The molecule has 0 aromatic rings. The van der Waals surface area contributed by atoms with E-state index in [0.29, 0.717) is 11.7 Å². The van der Waals surface area contributed by atoms with E-state index in [1.165, 1.54) is 16.7 Å².